The summed E-state index contributed by atoms with van der Waals surface area (Å²) in [6.07, 6.45) is 5.67. The molecule has 1 aromatic rings. The fourth-order valence-electron chi connectivity index (χ4n) is 1.82. The van der Waals surface area contributed by atoms with Gasteiger partial charge in [-0.1, -0.05) is 32.6 Å². The van der Waals surface area contributed by atoms with E-state index in [-0.39, 0.29) is 11.8 Å². The van der Waals surface area contributed by atoms with Crippen LogP contribution in [-0.4, -0.2) is 24.3 Å². The molecule has 0 spiro atoms. The highest BCUT2D eigenvalue weighted by Gasteiger charge is 2.06. The van der Waals surface area contributed by atoms with Gasteiger partial charge < -0.3 is 10.5 Å². The van der Waals surface area contributed by atoms with Crippen molar-refractivity contribution in [3.8, 4) is 0 Å². The van der Waals surface area contributed by atoms with Crippen molar-refractivity contribution >= 4 is 29.1 Å². The van der Waals surface area contributed by atoms with Crippen molar-refractivity contribution < 1.29 is 9.53 Å². The molecule has 0 amide bonds. The van der Waals surface area contributed by atoms with Gasteiger partial charge in [0.2, 0.25) is 0 Å². The maximum absolute atomic E-state index is 11.8. The van der Waals surface area contributed by atoms with Gasteiger partial charge in [-0.15, -0.1) is 11.6 Å². The first kappa shape index (κ1) is 17.5. The fraction of sp³-hybridized carbons (Fsp3) is 0.500. The lowest BCUT2D eigenvalue weighted by atomic mass is 10.2. The predicted octanol–water partition coefficient (Wildman–Crippen LogP) is 4.04. The molecule has 0 aromatic heterocycles. The molecule has 0 heterocycles. The highest BCUT2D eigenvalue weighted by atomic mass is 35.5. The van der Waals surface area contributed by atoms with Crippen molar-refractivity contribution in [3.63, 3.8) is 0 Å². The molecule has 0 atom stereocenters. The Labute approximate surface area is 131 Å². The van der Waals surface area contributed by atoms with E-state index < -0.39 is 0 Å². The molecule has 2 N–H and O–H groups in total. The topological polar surface area (TPSA) is 64.7 Å². The number of alkyl halides is 1. The van der Waals surface area contributed by atoms with E-state index >= 15 is 0 Å². The minimum absolute atomic E-state index is 0.182. The molecule has 0 bridgehead atoms. The number of carbonyl (C=O) groups is 1. The largest absolute Gasteiger partial charge is 0.462 e. The highest BCUT2D eigenvalue weighted by Crippen LogP contribution is 2.14. The van der Waals surface area contributed by atoms with E-state index in [1.54, 1.807) is 24.3 Å². The van der Waals surface area contributed by atoms with Crippen molar-refractivity contribution in [1.82, 2.24) is 0 Å². The summed E-state index contributed by atoms with van der Waals surface area (Å²) in [7, 11) is 0. The van der Waals surface area contributed by atoms with Gasteiger partial charge in [0.15, 0.2) is 0 Å². The van der Waals surface area contributed by atoms with E-state index in [2.05, 4.69) is 11.9 Å². The van der Waals surface area contributed by atoms with Gasteiger partial charge in [0, 0.05) is 0 Å². The molecule has 0 aliphatic carbocycles. The molecule has 116 valence electrons. The number of unbranched alkanes of at least 4 members (excludes halogenated alkanes) is 4. The number of aliphatic imine (C=N–C) groups is 1. The lowest BCUT2D eigenvalue weighted by Gasteiger charge is -2.05. The van der Waals surface area contributed by atoms with Crippen molar-refractivity contribution in [2.45, 2.75) is 39.0 Å². The molecule has 0 aliphatic rings. The van der Waals surface area contributed by atoms with Crippen molar-refractivity contribution in [3.05, 3.63) is 29.8 Å². The Morgan fingerprint density at radius 3 is 2.48 bits per heavy atom. The van der Waals surface area contributed by atoms with E-state index in [9.17, 15) is 4.79 Å². The third-order valence-electron chi connectivity index (χ3n) is 2.99. The number of benzene rings is 1. The fourth-order valence-corrected chi connectivity index (χ4v) is 1.88. The van der Waals surface area contributed by atoms with E-state index in [0.717, 1.165) is 12.8 Å². The molecule has 0 saturated heterocycles. The quantitative estimate of drug-likeness (QED) is 0.246. The Kier molecular flexibility index (Phi) is 8.51. The van der Waals surface area contributed by atoms with Crippen molar-refractivity contribution in [2.75, 3.05) is 12.5 Å². The number of amidine groups is 1. The third kappa shape index (κ3) is 7.14. The molecule has 0 radical (unpaired) electrons. The van der Waals surface area contributed by atoms with Crippen LogP contribution in [0.5, 0.6) is 0 Å². The van der Waals surface area contributed by atoms with Gasteiger partial charge in [0.05, 0.1) is 23.7 Å². The molecule has 5 heteroatoms. The van der Waals surface area contributed by atoms with Gasteiger partial charge in [-0.2, -0.15) is 0 Å². The zero-order valence-corrected chi connectivity index (χ0v) is 13.2. The Hall–Kier alpha value is -1.55. The molecule has 0 unspecified atom stereocenters. The van der Waals surface area contributed by atoms with E-state index in [1.165, 1.54) is 19.3 Å². The van der Waals surface area contributed by atoms with E-state index in [1.807, 2.05) is 0 Å². The predicted molar refractivity (Wildman–Crippen MR) is 87.5 cm³/mol. The number of nitrogens with two attached hydrogens (primary N) is 1. The van der Waals surface area contributed by atoms with Gasteiger partial charge >= 0.3 is 5.97 Å². The van der Waals surface area contributed by atoms with Gasteiger partial charge in [-0.05, 0) is 30.7 Å². The van der Waals surface area contributed by atoms with Crippen LogP contribution in [0.1, 0.15) is 49.4 Å². The number of hydrogen-bond donors (Lipinski definition) is 1. The van der Waals surface area contributed by atoms with Crippen LogP contribution in [0.15, 0.2) is 29.3 Å². The minimum atomic E-state index is -0.300. The maximum atomic E-state index is 11.8. The molecule has 1 rings (SSSR count). The zero-order valence-electron chi connectivity index (χ0n) is 12.5. The van der Waals surface area contributed by atoms with Crippen molar-refractivity contribution in [1.29, 1.82) is 0 Å². The normalized spacial score (nSPS) is 11.4. The van der Waals surface area contributed by atoms with Crippen molar-refractivity contribution in [2.24, 2.45) is 10.7 Å². The second-order valence-corrected chi connectivity index (χ2v) is 5.10. The molecular formula is C16H23ClN2O2. The Balaban J connectivity index is 2.38. The summed E-state index contributed by atoms with van der Waals surface area (Å²) >= 11 is 5.56. The molecule has 0 saturated carbocycles. The average molecular weight is 311 g/mol. The smallest absolute Gasteiger partial charge is 0.338 e. The Morgan fingerprint density at radius 1 is 1.19 bits per heavy atom. The Bertz CT molecular complexity index is 458. The van der Waals surface area contributed by atoms with Gasteiger partial charge in [0.1, 0.15) is 5.84 Å². The van der Waals surface area contributed by atoms with E-state index in [0.29, 0.717) is 23.7 Å². The molecule has 0 aliphatic heterocycles. The number of halogens is 1. The lowest BCUT2D eigenvalue weighted by Crippen LogP contribution is -2.12. The maximum Gasteiger partial charge on any atom is 0.338 e. The monoisotopic (exact) mass is 310 g/mol. The van der Waals surface area contributed by atoms with Gasteiger partial charge in [-0.25, -0.2) is 9.79 Å². The average Bonchev–Trinajstić information content (AvgIpc) is 2.51. The number of esters is 1. The summed E-state index contributed by atoms with van der Waals surface area (Å²) in [5, 5.41) is 0. The number of hydrogen-bond acceptors (Lipinski definition) is 3. The second kappa shape index (κ2) is 10.2. The molecule has 21 heavy (non-hydrogen) atoms. The lowest BCUT2D eigenvalue weighted by molar-refractivity contribution is 0.0497. The minimum Gasteiger partial charge on any atom is -0.462 e. The zero-order chi connectivity index (χ0) is 15.5. The summed E-state index contributed by atoms with van der Waals surface area (Å²) in [4.78, 5) is 15.9. The second-order valence-electron chi connectivity index (χ2n) is 4.83. The van der Waals surface area contributed by atoms with Crippen LogP contribution in [0, 0.1) is 0 Å². The van der Waals surface area contributed by atoms with Crippen LogP contribution in [0.4, 0.5) is 5.69 Å². The SMILES string of the molecule is CCCCCCCOC(=O)c1ccc(N=C(N)CCl)cc1. The number of ether oxygens (including phenoxy) is 1. The number of nitrogens with zero attached hydrogens (tertiary/aromatic N) is 1. The summed E-state index contributed by atoms with van der Waals surface area (Å²) in [5.74, 6) is 0.229. The van der Waals surface area contributed by atoms with Crippen LogP contribution in [-0.2, 0) is 4.74 Å². The summed E-state index contributed by atoms with van der Waals surface area (Å²) in [6.45, 7) is 2.65. The Morgan fingerprint density at radius 2 is 1.86 bits per heavy atom. The highest BCUT2D eigenvalue weighted by molar-refractivity contribution is 6.28. The summed E-state index contributed by atoms with van der Waals surface area (Å²) in [6, 6.07) is 6.80. The van der Waals surface area contributed by atoms with E-state index in [4.69, 9.17) is 22.1 Å². The van der Waals surface area contributed by atoms with Crippen LogP contribution in [0.3, 0.4) is 0 Å². The molecule has 1 aromatic carbocycles. The molecule has 0 fully saturated rings. The first-order valence-corrected chi connectivity index (χ1v) is 7.87. The van der Waals surface area contributed by atoms with Crippen LogP contribution < -0.4 is 5.73 Å². The molecule has 4 nitrogen and oxygen atoms in total. The summed E-state index contributed by atoms with van der Waals surface area (Å²) < 4.78 is 5.23. The van der Waals surface area contributed by atoms with Gasteiger partial charge in [-0.3, -0.25) is 0 Å². The third-order valence-corrected chi connectivity index (χ3v) is 3.27. The standard InChI is InChI=1S/C16H23ClN2O2/c1-2-3-4-5-6-11-21-16(20)13-7-9-14(10-8-13)19-15(18)12-17/h7-10H,2-6,11-12H2,1H3,(H2,18,19). The van der Waals surface area contributed by atoms with Crippen LogP contribution in [0.2, 0.25) is 0 Å². The summed E-state index contributed by atoms with van der Waals surface area (Å²) in [5.41, 5.74) is 6.74. The van der Waals surface area contributed by atoms with Crippen LogP contribution in [0.25, 0.3) is 0 Å². The van der Waals surface area contributed by atoms with Crippen LogP contribution >= 0.6 is 11.6 Å². The first-order chi connectivity index (χ1) is 10.2. The van der Waals surface area contributed by atoms with Gasteiger partial charge in [0.25, 0.3) is 0 Å². The number of rotatable bonds is 9. The number of carbonyl (C=O) groups excluding carboxylic acids is 1. The first-order valence-electron chi connectivity index (χ1n) is 7.33. The molecular weight excluding hydrogens is 288 g/mol.